The molecule has 0 amide bonds. The maximum absolute atomic E-state index is 11.7. The van der Waals surface area contributed by atoms with Crippen molar-refractivity contribution in [3.63, 3.8) is 0 Å². The molecule has 0 radical (unpaired) electrons. The first-order chi connectivity index (χ1) is 9.22. The zero-order chi connectivity index (χ0) is 13.7. The number of ether oxygens (including phenoxy) is 1. The van der Waals surface area contributed by atoms with E-state index in [2.05, 4.69) is 15.2 Å². The average molecular weight is 260 g/mol. The average Bonchev–Trinajstić information content (AvgIpc) is 2.79. The van der Waals surface area contributed by atoms with Gasteiger partial charge in [0, 0.05) is 18.9 Å². The first-order valence-electron chi connectivity index (χ1n) is 6.18. The third kappa shape index (κ3) is 3.15. The van der Waals surface area contributed by atoms with E-state index >= 15 is 0 Å². The Labute approximate surface area is 111 Å². The lowest BCUT2D eigenvalue weighted by Crippen LogP contribution is -2.15. The van der Waals surface area contributed by atoms with Gasteiger partial charge in [0.2, 0.25) is 5.82 Å². The Hall–Kier alpha value is -2.24. The molecule has 6 nitrogen and oxygen atoms in total. The fourth-order valence-corrected chi connectivity index (χ4v) is 1.78. The molecular formula is C13H16N4O2. The molecule has 6 heteroatoms. The number of hydrogen-bond donors (Lipinski definition) is 0. The highest BCUT2D eigenvalue weighted by molar-refractivity contribution is 5.85. The van der Waals surface area contributed by atoms with E-state index < -0.39 is 5.97 Å². The molecule has 0 atom stereocenters. The van der Waals surface area contributed by atoms with Crippen LogP contribution in [-0.2, 0) is 17.7 Å². The molecule has 0 unspecified atom stereocenters. The van der Waals surface area contributed by atoms with Gasteiger partial charge in [0.15, 0.2) is 0 Å². The zero-order valence-corrected chi connectivity index (χ0v) is 11.0. The van der Waals surface area contributed by atoms with Crippen LogP contribution in [0.15, 0.2) is 24.5 Å². The predicted octanol–water partition coefficient (Wildman–Crippen LogP) is 1.40. The van der Waals surface area contributed by atoms with E-state index in [9.17, 15) is 4.79 Å². The minimum absolute atomic E-state index is 0.253. The number of rotatable bonds is 5. The number of carbonyl (C=O) groups excluding carboxylic acids is 1. The summed E-state index contributed by atoms with van der Waals surface area (Å²) in [6.45, 7) is 4.53. The maximum atomic E-state index is 11.7. The quantitative estimate of drug-likeness (QED) is 0.760. The van der Waals surface area contributed by atoms with Gasteiger partial charge in [0.25, 0.3) is 0 Å². The summed E-state index contributed by atoms with van der Waals surface area (Å²) in [4.78, 5) is 15.8. The van der Waals surface area contributed by atoms with Gasteiger partial charge in [-0.1, -0.05) is 6.07 Å². The molecular weight excluding hydrogens is 244 g/mol. The van der Waals surface area contributed by atoms with E-state index in [1.165, 1.54) is 0 Å². The Morgan fingerprint density at radius 1 is 1.42 bits per heavy atom. The molecule has 2 aromatic heterocycles. The number of pyridine rings is 1. The van der Waals surface area contributed by atoms with Crippen LogP contribution in [0.25, 0.3) is 0 Å². The van der Waals surface area contributed by atoms with Gasteiger partial charge >= 0.3 is 5.97 Å². The van der Waals surface area contributed by atoms with Gasteiger partial charge in [-0.2, -0.15) is 0 Å². The first kappa shape index (κ1) is 13.2. The number of aromatic nitrogens is 4. The molecule has 2 rings (SSSR count). The monoisotopic (exact) mass is 260 g/mol. The van der Waals surface area contributed by atoms with Crippen LogP contribution in [-0.4, -0.2) is 32.3 Å². The summed E-state index contributed by atoms with van der Waals surface area (Å²) >= 11 is 0. The normalized spacial score (nSPS) is 10.4. The van der Waals surface area contributed by atoms with Crippen LogP contribution in [0.3, 0.4) is 0 Å². The van der Waals surface area contributed by atoms with Crippen LogP contribution in [0.5, 0.6) is 0 Å². The van der Waals surface area contributed by atoms with E-state index in [1.54, 1.807) is 17.7 Å². The van der Waals surface area contributed by atoms with Crippen LogP contribution in [0.4, 0.5) is 0 Å². The van der Waals surface area contributed by atoms with E-state index in [1.807, 2.05) is 25.3 Å². The van der Waals surface area contributed by atoms with Gasteiger partial charge in [-0.3, -0.25) is 4.98 Å². The molecule has 100 valence electrons. The summed E-state index contributed by atoms with van der Waals surface area (Å²) < 4.78 is 6.73. The molecule has 0 saturated heterocycles. The molecule has 0 fully saturated rings. The molecule has 0 N–H and O–H groups in total. The highest BCUT2D eigenvalue weighted by Gasteiger charge is 2.17. The lowest BCUT2D eigenvalue weighted by Gasteiger charge is -2.07. The molecule has 0 saturated carbocycles. The van der Waals surface area contributed by atoms with Crippen molar-refractivity contribution in [2.45, 2.75) is 26.8 Å². The minimum atomic E-state index is -0.436. The van der Waals surface area contributed by atoms with Crippen molar-refractivity contribution in [3.8, 4) is 0 Å². The van der Waals surface area contributed by atoms with Crippen LogP contribution in [0.2, 0.25) is 0 Å². The SMILES string of the molecule is CCOC(=O)c1nnc(C)n1CCc1cccnc1. The molecule has 0 aliphatic heterocycles. The topological polar surface area (TPSA) is 69.9 Å². The summed E-state index contributed by atoms with van der Waals surface area (Å²) in [6, 6.07) is 3.89. The summed E-state index contributed by atoms with van der Waals surface area (Å²) in [5.41, 5.74) is 1.10. The van der Waals surface area contributed by atoms with Gasteiger partial charge in [0.1, 0.15) is 5.82 Å². The Bertz CT molecular complexity index is 551. The van der Waals surface area contributed by atoms with Crippen molar-refractivity contribution in [3.05, 3.63) is 41.7 Å². The third-order valence-electron chi connectivity index (χ3n) is 2.74. The molecule has 19 heavy (non-hydrogen) atoms. The zero-order valence-electron chi connectivity index (χ0n) is 11.0. The Kier molecular flexibility index (Phi) is 4.22. The number of carbonyl (C=O) groups is 1. The van der Waals surface area contributed by atoms with Crippen LogP contribution >= 0.6 is 0 Å². The van der Waals surface area contributed by atoms with Crippen molar-refractivity contribution in [2.24, 2.45) is 0 Å². The maximum Gasteiger partial charge on any atom is 0.376 e. The van der Waals surface area contributed by atoms with E-state index in [4.69, 9.17) is 4.74 Å². The Morgan fingerprint density at radius 3 is 2.95 bits per heavy atom. The Balaban J connectivity index is 2.11. The largest absolute Gasteiger partial charge is 0.460 e. The minimum Gasteiger partial charge on any atom is -0.460 e. The lowest BCUT2D eigenvalue weighted by atomic mass is 10.2. The second-order valence-corrected chi connectivity index (χ2v) is 4.05. The van der Waals surface area contributed by atoms with Crippen molar-refractivity contribution >= 4 is 5.97 Å². The van der Waals surface area contributed by atoms with Gasteiger partial charge in [-0.05, 0) is 31.9 Å². The van der Waals surface area contributed by atoms with Crippen molar-refractivity contribution in [1.29, 1.82) is 0 Å². The number of nitrogens with zero attached hydrogens (tertiary/aromatic N) is 4. The van der Waals surface area contributed by atoms with Gasteiger partial charge in [-0.25, -0.2) is 4.79 Å². The number of aryl methyl sites for hydroxylation is 2. The van der Waals surface area contributed by atoms with Gasteiger partial charge in [0.05, 0.1) is 6.61 Å². The van der Waals surface area contributed by atoms with Crippen LogP contribution in [0, 0.1) is 6.92 Å². The lowest BCUT2D eigenvalue weighted by molar-refractivity contribution is 0.0505. The predicted molar refractivity (Wildman–Crippen MR) is 68.7 cm³/mol. The summed E-state index contributed by atoms with van der Waals surface area (Å²) in [6.07, 6.45) is 4.31. The van der Waals surface area contributed by atoms with Crippen molar-refractivity contribution in [2.75, 3.05) is 6.61 Å². The molecule has 0 aliphatic rings. The standard InChI is InChI=1S/C13H16N4O2/c1-3-19-13(18)12-16-15-10(2)17(12)8-6-11-5-4-7-14-9-11/h4-5,7,9H,3,6,8H2,1-2H3. The first-order valence-corrected chi connectivity index (χ1v) is 6.18. The van der Waals surface area contributed by atoms with E-state index in [0.29, 0.717) is 19.0 Å². The number of esters is 1. The summed E-state index contributed by atoms with van der Waals surface area (Å²) in [5.74, 6) is 0.518. The smallest absolute Gasteiger partial charge is 0.376 e. The van der Waals surface area contributed by atoms with Crippen molar-refractivity contribution < 1.29 is 9.53 Å². The fourth-order valence-electron chi connectivity index (χ4n) is 1.78. The van der Waals surface area contributed by atoms with Crippen LogP contribution < -0.4 is 0 Å². The fraction of sp³-hybridized carbons (Fsp3) is 0.385. The highest BCUT2D eigenvalue weighted by Crippen LogP contribution is 2.06. The third-order valence-corrected chi connectivity index (χ3v) is 2.74. The molecule has 2 aromatic rings. The molecule has 2 heterocycles. The molecule has 0 spiro atoms. The summed E-state index contributed by atoms with van der Waals surface area (Å²) in [5, 5.41) is 7.80. The van der Waals surface area contributed by atoms with E-state index in [0.717, 1.165) is 12.0 Å². The molecule has 0 aromatic carbocycles. The second kappa shape index (κ2) is 6.08. The number of hydrogen-bond acceptors (Lipinski definition) is 5. The van der Waals surface area contributed by atoms with Crippen molar-refractivity contribution in [1.82, 2.24) is 19.7 Å². The van der Waals surface area contributed by atoms with Gasteiger partial charge in [-0.15, -0.1) is 10.2 Å². The molecule has 0 aliphatic carbocycles. The van der Waals surface area contributed by atoms with E-state index in [-0.39, 0.29) is 5.82 Å². The highest BCUT2D eigenvalue weighted by atomic mass is 16.5. The second-order valence-electron chi connectivity index (χ2n) is 4.05. The van der Waals surface area contributed by atoms with Gasteiger partial charge < -0.3 is 9.30 Å². The Morgan fingerprint density at radius 2 is 2.26 bits per heavy atom. The molecule has 0 bridgehead atoms. The van der Waals surface area contributed by atoms with Crippen LogP contribution in [0.1, 0.15) is 28.9 Å². The summed E-state index contributed by atoms with van der Waals surface area (Å²) in [7, 11) is 0.